The third-order valence-electron chi connectivity index (χ3n) is 0.665. The summed E-state index contributed by atoms with van der Waals surface area (Å²) in [5, 5.41) is 0. The monoisotopic (exact) mass is 216 g/mol. The van der Waals surface area contributed by atoms with Crippen molar-refractivity contribution in [2.45, 2.75) is 13.8 Å². The van der Waals surface area contributed by atoms with Crippen LogP contribution in [0, 0.1) is 0 Å². The highest BCUT2D eigenvalue weighted by Crippen LogP contribution is 2.40. The maximum absolute atomic E-state index is 10.6. The van der Waals surface area contributed by atoms with Crippen LogP contribution < -0.4 is 0 Å². The molecule has 0 aromatic rings. The zero-order valence-corrected chi connectivity index (χ0v) is 9.02. The Kier molecular flexibility index (Phi) is 5.96. The van der Waals surface area contributed by atoms with Gasteiger partial charge in [0.2, 0.25) is 0 Å². The van der Waals surface area contributed by atoms with Crippen LogP contribution in [-0.4, -0.2) is 27.9 Å². The zero-order chi connectivity index (χ0) is 9.61. The Hall–Kier alpha value is 0.260. The molecule has 0 amide bonds. The van der Waals surface area contributed by atoms with E-state index < -0.39 is 18.7 Å². The van der Waals surface area contributed by atoms with Gasteiger partial charge in [0.25, 0.3) is 10.1 Å². The van der Waals surface area contributed by atoms with E-state index in [9.17, 15) is 8.42 Å². The maximum Gasteiger partial charge on any atom is 0.348 e. The van der Waals surface area contributed by atoms with Crippen LogP contribution in [-0.2, 0) is 23.1 Å². The van der Waals surface area contributed by atoms with Crippen molar-refractivity contribution in [1.29, 1.82) is 0 Å². The third kappa shape index (κ3) is 6.94. The fourth-order valence-corrected chi connectivity index (χ4v) is 2.13. The van der Waals surface area contributed by atoms with E-state index in [1.165, 1.54) is 0 Å². The Labute approximate surface area is 74.1 Å². The van der Waals surface area contributed by atoms with Gasteiger partial charge < -0.3 is 9.05 Å². The highest BCUT2D eigenvalue weighted by molar-refractivity contribution is 7.89. The number of rotatable bonds is 6. The number of hydrogen-bond acceptors (Lipinski definition) is 5. The Morgan fingerprint density at radius 3 is 1.83 bits per heavy atom. The Bertz CT molecular complexity index is 196. The molecule has 0 unspecified atom stereocenters. The van der Waals surface area contributed by atoms with E-state index in [1.54, 1.807) is 13.8 Å². The van der Waals surface area contributed by atoms with Crippen LogP contribution in [0.25, 0.3) is 0 Å². The van der Waals surface area contributed by atoms with Crippen molar-refractivity contribution >= 4 is 18.7 Å². The molecule has 5 nitrogen and oxygen atoms in total. The molecule has 0 aliphatic heterocycles. The molecule has 0 saturated heterocycles. The molecule has 0 rings (SSSR count). The van der Waals surface area contributed by atoms with Gasteiger partial charge in [-0.2, -0.15) is 12.4 Å². The normalized spacial score (nSPS) is 12.3. The lowest BCUT2D eigenvalue weighted by Gasteiger charge is -2.12. The van der Waals surface area contributed by atoms with Gasteiger partial charge in [-0.25, -0.2) is 0 Å². The van der Waals surface area contributed by atoms with E-state index in [2.05, 4.69) is 3.97 Å². The maximum atomic E-state index is 10.6. The van der Waals surface area contributed by atoms with Gasteiger partial charge in [0.15, 0.2) is 0 Å². The summed E-state index contributed by atoms with van der Waals surface area (Å²) >= 11 is 0. The minimum atomic E-state index is -3.49. The average molecular weight is 216 g/mol. The Morgan fingerprint density at radius 1 is 1.17 bits per heavy atom. The molecule has 12 heavy (non-hydrogen) atoms. The molecular formula is C5H13O5PS. The van der Waals surface area contributed by atoms with Gasteiger partial charge in [-0.15, -0.1) is 0 Å². The minimum absolute atomic E-state index is 0.362. The van der Waals surface area contributed by atoms with Gasteiger partial charge in [-0.1, -0.05) is 0 Å². The van der Waals surface area contributed by atoms with Crippen molar-refractivity contribution in [3.63, 3.8) is 0 Å². The molecule has 0 spiro atoms. The van der Waals surface area contributed by atoms with E-state index in [0.29, 0.717) is 13.2 Å². The van der Waals surface area contributed by atoms with Crippen molar-refractivity contribution in [3.05, 3.63) is 0 Å². The Balaban J connectivity index is 3.95. The molecule has 0 radical (unpaired) electrons. The van der Waals surface area contributed by atoms with Gasteiger partial charge in [-0.3, -0.25) is 0 Å². The highest BCUT2D eigenvalue weighted by atomic mass is 32.2. The molecule has 0 saturated carbocycles. The molecule has 0 aromatic heterocycles. The fourth-order valence-electron chi connectivity index (χ4n) is 0.402. The summed E-state index contributed by atoms with van der Waals surface area (Å²) in [6.07, 6.45) is 0.959. The van der Waals surface area contributed by atoms with Crippen molar-refractivity contribution < 1.29 is 21.4 Å². The van der Waals surface area contributed by atoms with E-state index in [0.717, 1.165) is 6.26 Å². The molecule has 0 fully saturated rings. The first kappa shape index (κ1) is 12.3. The summed E-state index contributed by atoms with van der Waals surface area (Å²) < 4.78 is 35.6. The molecule has 0 aliphatic carbocycles. The summed E-state index contributed by atoms with van der Waals surface area (Å²) in [6, 6.07) is 0. The van der Waals surface area contributed by atoms with Crippen molar-refractivity contribution in [2.75, 3.05) is 19.5 Å². The lowest BCUT2D eigenvalue weighted by atomic mass is 10.9. The largest absolute Gasteiger partial charge is 0.348 e. The SMILES string of the molecule is CCOP(OCC)OS(C)(=O)=O. The first-order chi connectivity index (χ1) is 5.49. The summed E-state index contributed by atoms with van der Waals surface area (Å²) in [7, 11) is -5.23. The lowest BCUT2D eigenvalue weighted by Crippen LogP contribution is -2.02. The molecule has 7 heteroatoms. The summed E-state index contributed by atoms with van der Waals surface area (Å²) in [6.45, 7) is 4.20. The molecule has 0 aliphatic rings. The Morgan fingerprint density at radius 2 is 1.58 bits per heavy atom. The molecule has 0 heterocycles. The van der Waals surface area contributed by atoms with E-state index in [4.69, 9.17) is 9.05 Å². The van der Waals surface area contributed by atoms with Gasteiger partial charge in [0.05, 0.1) is 19.5 Å². The summed E-state index contributed by atoms with van der Waals surface area (Å²) in [4.78, 5) is 0. The minimum Gasteiger partial charge on any atom is -0.312 e. The summed E-state index contributed by atoms with van der Waals surface area (Å²) in [5.41, 5.74) is 0. The lowest BCUT2D eigenvalue weighted by molar-refractivity contribution is 0.223. The van der Waals surface area contributed by atoms with Crippen LogP contribution in [0.15, 0.2) is 0 Å². The first-order valence-corrected chi connectivity index (χ1v) is 6.36. The van der Waals surface area contributed by atoms with Crippen molar-refractivity contribution in [1.82, 2.24) is 0 Å². The summed E-state index contributed by atoms with van der Waals surface area (Å²) in [5.74, 6) is 0. The predicted octanol–water partition coefficient (Wildman–Crippen LogP) is 1.26. The van der Waals surface area contributed by atoms with Crippen molar-refractivity contribution in [2.24, 2.45) is 0 Å². The second-order valence-electron chi connectivity index (χ2n) is 1.84. The molecular weight excluding hydrogens is 203 g/mol. The van der Waals surface area contributed by atoms with Crippen LogP contribution >= 0.6 is 8.60 Å². The molecule has 0 aromatic carbocycles. The van der Waals surface area contributed by atoms with Crippen molar-refractivity contribution in [3.8, 4) is 0 Å². The second kappa shape index (κ2) is 5.83. The van der Waals surface area contributed by atoms with Crippen LogP contribution in [0.1, 0.15) is 13.8 Å². The van der Waals surface area contributed by atoms with E-state index in [-0.39, 0.29) is 0 Å². The van der Waals surface area contributed by atoms with Crippen LogP contribution in [0.3, 0.4) is 0 Å². The average Bonchev–Trinajstić information content (AvgIpc) is 1.84. The third-order valence-corrected chi connectivity index (χ3v) is 3.17. The second-order valence-corrected chi connectivity index (χ2v) is 4.81. The molecule has 0 atom stereocenters. The van der Waals surface area contributed by atoms with Gasteiger partial charge >= 0.3 is 8.60 Å². The first-order valence-electron chi connectivity index (χ1n) is 3.45. The van der Waals surface area contributed by atoms with Gasteiger partial charge in [-0.05, 0) is 13.8 Å². The van der Waals surface area contributed by atoms with Gasteiger partial charge in [0, 0.05) is 0 Å². The fraction of sp³-hybridized carbons (Fsp3) is 1.00. The quantitative estimate of drug-likeness (QED) is 0.625. The van der Waals surface area contributed by atoms with Gasteiger partial charge in [0.1, 0.15) is 0 Å². The zero-order valence-electron chi connectivity index (χ0n) is 7.31. The van der Waals surface area contributed by atoms with Crippen LogP contribution in [0.4, 0.5) is 0 Å². The van der Waals surface area contributed by atoms with Crippen LogP contribution in [0.2, 0.25) is 0 Å². The van der Waals surface area contributed by atoms with E-state index >= 15 is 0 Å². The molecule has 0 N–H and O–H groups in total. The topological polar surface area (TPSA) is 61.8 Å². The highest BCUT2D eigenvalue weighted by Gasteiger charge is 2.17. The van der Waals surface area contributed by atoms with Crippen LogP contribution in [0.5, 0.6) is 0 Å². The molecule has 74 valence electrons. The standard InChI is InChI=1S/C5H13O5PS/c1-4-8-11(9-5-2)10-12(3,6)7/h4-5H2,1-3H3. The van der Waals surface area contributed by atoms with E-state index in [1.807, 2.05) is 0 Å². The number of hydrogen-bond donors (Lipinski definition) is 0. The predicted molar refractivity (Wildman–Crippen MR) is 46.1 cm³/mol. The molecule has 0 bridgehead atoms. The smallest absolute Gasteiger partial charge is 0.312 e.